The Kier molecular flexibility index (Phi) is 5.44. The van der Waals surface area contributed by atoms with Gasteiger partial charge in [-0.05, 0) is 18.1 Å². The number of aliphatic carboxylic acids is 2. The Morgan fingerprint density at radius 1 is 1.14 bits per heavy atom. The predicted octanol–water partition coefficient (Wildman–Crippen LogP) is -0.321. The molecule has 7 N–H and O–H groups in total. The summed E-state index contributed by atoms with van der Waals surface area (Å²) in [6, 6.07) is 7.26. The Morgan fingerprint density at radius 3 is 2.24 bits per heavy atom. The Balaban J connectivity index is 0.000000315. The number of para-hydroxylation sites is 1. The fraction of sp³-hybridized carbons (Fsp3) is 0.154. The molecule has 21 heavy (non-hydrogen) atoms. The van der Waals surface area contributed by atoms with Gasteiger partial charge in [-0.3, -0.25) is 4.79 Å². The van der Waals surface area contributed by atoms with Crippen molar-refractivity contribution in [3.05, 3.63) is 36.0 Å². The second kappa shape index (κ2) is 7.06. The van der Waals surface area contributed by atoms with Gasteiger partial charge in [0.25, 0.3) is 0 Å². The molecule has 8 heteroatoms. The molecule has 1 aromatic carbocycles. The highest BCUT2D eigenvalue weighted by Gasteiger charge is 2.12. The van der Waals surface area contributed by atoms with Gasteiger partial charge in [0, 0.05) is 17.1 Å². The molecule has 0 spiro atoms. The number of aromatic amines is 1. The fourth-order valence-corrected chi connectivity index (χ4v) is 1.64. The number of nitrogens with two attached hydrogens (primary N) is 2. The lowest BCUT2D eigenvalue weighted by Crippen LogP contribution is -2.38. The maximum atomic E-state index is 10.8. The minimum Gasteiger partial charge on any atom is -0.473 e. The number of primary amides is 1. The molecular formula is C13H15N3O5. The molecule has 1 atom stereocenters. The van der Waals surface area contributed by atoms with Gasteiger partial charge in [0.1, 0.15) is 0 Å². The molecule has 0 aliphatic heterocycles. The zero-order valence-electron chi connectivity index (χ0n) is 10.9. The summed E-state index contributed by atoms with van der Waals surface area (Å²) < 4.78 is 0. The van der Waals surface area contributed by atoms with E-state index in [2.05, 4.69) is 4.98 Å². The van der Waals surface area contributed by atoms with Gasteiger partial charge < -0.3 is 26.7 Å². The summed E-state index contributed by atoms with van der Waals surface area (Å²) in [6.07, 6.45) is 2.34. The quantitative estimate of drug-likeness (QED) is 0.487. The summed E-state index contributed by atoms with van der Waals surface area (Å²) in [5, 5.41) is 15.9. The topological polar surface area (TPSA) is 160 Å². The van der Waals surface area contributed by atoms with E-state index in [1.54, 1.807) is 0 Å². The van der Waals surface area contributed by atoms with Crippen LogP contribution in [0.2, 0.25) is 0 Å². The van der Waals surface area contributed by atoms with Gasteiger partial charge in [-0.15, -0.1) is 0 Å². The van der Waals surface area contributed by atoms with Crippen LogP contribution in [-0.4, -0.2) is 39.1 Å². The summed E-state index contributed by atoms with van der Waals surface area (Å²) in [4.78, 5) is 32.2. The molecule has 1 amide bonds. The van der Waals surface area contributed by atoms with Crippen molar-refractivity contribution < 1.29 is 24.6 Å². The molecular weight excluding hydrogens is 278 g/mol. The van der Waals surface area contributed by atoms with E-state index in [0.717, 1.165) is 16.5 Å². The van der Waals surface area contributed by atoms with Gasteiger partial charge in [-0.25, -0.2) is 9.59 Å². The monoisotopic (exact) mass is 293 g/mol. The minimum absolute atomic E-state index is 0.472. The number of carbonyl (C=O) groups excluding carboxylic acids is 1. The van der Waals surface area contributed by atoms with E-state index in [4.69, 9.17) is 31.3 Å². The van der Waals surface area contributed by atoms with Crippen LogP contribution < -0.4 is 11.5 Å². The Bertz CT molecular complexity index is 653. The molecule has 0 saturated heterocycles. The zero-order valence-corrected chi connectivity index (χ0v) is 10.9. The van der Waals surface area contributed by atoms with E-state index in [9.17, 15) is 4.79 Å². The summed E-state index contributed by atoms with van der Waals surface area (Å²) in [5.74, 6) is -4.12. The summed E-state index contributed by atoms with van der Waals surface area (Å²) in [5.41, 5.74) is 12.8. The lowest BCUT2D eigenvalue weighted by Gasteiger charge is -2.05. The van der Waals surface area contributed by atoms with Crippen molar-refractivity contribution >= 4 is 28.7 Å². The first-order valence-corrected chi connectivity index (χ1v) is 5.89. The zero-order chi connectivity index (χ0) is 16.0. The highest BCUT2D eigenvalue weighted by atomic mass is 16.4. The van der Waals surface area contributed by atoms with E-state index in [-0.39, 0.29) is 0 Å². The van der Waals surface area contributed by atoms with Gasteiger partial charge in [0.15, 0.2) is 0 Å². The summed E-state index contributed by atoms with van der Waals surface area (Å²) in [7, 11) is 0. The summed E-state index contributed by atoms with van der Waals surface area (Å²) in [6.45, 7) is 0. The molecule has 8 nitrogen and oxygen atoms in total. The molecule has 1 heterocycles. The second-order valence-corrected chi connectivity index (χ2v) is 4.18. The summed E-state index contributed by atoms with van der Waals surface area (Å²) >= 11 is 0. The number of H-pyrrole nitrogens is 1. The predicted molar refractivity (Wildman–Crippen MR) is 74.4 cm³/mol. The van der Waals surface area contributed by atoms with Crippen molar-refractivity contribution in [2.75, 3.05) is 0 Å². The average molecular weight is 293 g/mol. The minimum atomic E-state index is -1.82. The van der Waals surface area contributed by atoms with Crippen molar-refractivity contribution in [2.24, 2.45) is 11.5 Å². The molecule has 0 aliphatic rings. The number of fused-ring (bicyclic) bond motifs is 1. The van der Waals surface area contributed by atoms with Crippen LogP contribution in [0.1, 0.15) is 5.56 Å². The van der Waals surface area contributed by atoms with E-state index in [0.29, 0.717) is 6.42 Å². The van der Waals surface area contributed by atoms with Crippen molar-refractivity contribution in [3.8, 4) is 0 Å². The molecule has 0 saturated carbocycles. The average Bonchev–Trinajstić information content (AvgIpc) is 2.82. The molecule has 0 radical (unpaired) electrons. The smallest absolute Gasteiger partial charge is 0.414 e. The van der Waals surface area contributed by atoms with Crippen LogP contribution in [0.5, 0.6) is 0 Å². The first-order valence-electron chi connectivity index (χ1n) is 5.89. The Labute approximate surface area is 119 Å². The lowest BCUT2D eigenvalue weighted by atomic mass is 10.1. The third-order valence-corrected chi connectivity index (χ3v) is 2.66. The molecule has 0 bridgehead atoms. The second-order valence-electron chi connectivity index (χ2n) is 4.18. The van der Waals surface area contributed by atoms with Crippen LogP contribution in [0.3, 0.4) is 0 Å². The van der Waals surface area contributed by atoms with Gasteiger partial charge in [0.2, 0.25) is 5.91 Å². The molecule has 112 valence electrons. The SMILES string of the molecule is NC(=O)C(N)Cc1c[nH]c2ccccc12.O=C(O)C(=O)O. The van der Waals surface area contributed by atoms with Crippen molar-refractivity contribution in [1.82, 2.24) is 4.98 Å². The third kappa shape index (κ3) is 4.62. The fourth-order valence-electron chi connectivity index (χ4n) is 1.64. The van der Waals surface area contributed by atoms with Crippen LogP contribution in [0.4, 0.5) is 0 Å². The number of carboxylic acid groups (broad SMARTS) is 2. The van der Waals surface area contributed by atoms with E-state index in [1.807, 2.05) is 30.5 Å². The van der Waals surface area contributed by atoms with Crippen LogP contribution >= 0.6 is 0 Å². The van der Waals surface area contributed by atoms with Gasteiger partial charge in [-0.2, -0.15) is 0 Å². The van der Waals surface area contributed by atoms with E-state index >= 15 is 0 Å². The highest BCUT2D eigenvalue weighted by molar-refractivity contribution is 6.27. The van der Waals surface area contributed by atoms with Gasteiger partial charge in [0.05, 0.1) is 6.04 Å². The number of amides is 1. The number of aromatic nitrogens is 1. The van der Waals surface area contributed by atoms with Gasteiger partial charge in [-0.1, -0.05) is 18.2 Å². The lowest BCUT2D eigenvalue weighted by molar-refractivity contribution is -0.159. The molecule has 0 fully saturated rings. The number of rotatable bonds is 3. The number of hydrogen-bond donors (Lipinski definition) is 5. The molecule has 2 rings (SSSR count). The number of nitrogens with one attached hydrogen (secondary N) is 1. The third-order valence-electron chi connectivity index (χ3n) is 2.66. The first-order chi connectivity index (χ1) is 9.82. The maximum absolute atomic E-state index is 10.8. The van der Waals surface area contributed by atoms with E-state index in [1.165, 1.54) is 0 Å². The number of carbonyl (C=O) groups is 3. The Morgan fingerprint density at radius 2 is 1.71 bits per heavy atom. The number of benzene rings is 1. The molecule has 1 aromatic heterocycles. The van der Waals surface area contributed by atoms with Crippen LogP contribution in [0, 0.1) is 0 Å². The normalized spacial score (nSPS) is 11.3. The standard InChI is InChI=1S/C11H13N3O.C2H2O4/c12-9(11(13)15)5-7-6-14-10-4-2-1-3-8(7)10;3-1(4)2(5)6/h1-4,6,9,14H,5,12H2,(H2,13,15);(H,3,4)(H,5,6). The maximum Gasteiger partial charge on any atom is 0.414 e. The van der Waals surface area contributed by atoms with Crippen LogP contribution in [-0.2, 0) is 20.8 Å². The van der Waals surface area contributed by atoms with Crippen molar-refractivity contribution in [3.63, 3.8) is 0 Å². The van der Waals surface area contributed by atoms with E-state index < -0.39 is 23.9 Å². The first kappa shape index (κ1) is 16.2. The largest absolute Gasteiger partial charge is 0.473 e. The molecule has 0 aliphatic carbocycles. The van der Waals surface area contributed by atoms with Gasteiger partial charge >= 0.3 is 11.9 Å². The number of hydrogen-bond acceptors (Lipinski definition) is 4. The molecule has 1 unspecified atom stereocenters. The van der Waals surface area contributed by atoms with Crippen molar-refractivity contribution in [1.29, 1.82) is 0 Å². The highest BCUT2D eigenvalue weighted by Crippen LogP contribution is 2.18. The Hall–Kier alpha value is -2.87. The number of carboxylic acids is 2. The van der Waals surface area contributed by atoms with Crippen LogP contribution in [0.15, 0.2) is 30.5 Å². The van der Waals surface area contributed by atoms with Crippen molar-refractivity contribution in [2.45, 2.75) is 12.5 Å². The van der Waals surface area contributed by atoms with Crippen LogP contribution in [0.25, 0.3) is 10.9 Å². The molecule has 2 aromatic rings.